The predicted molar refractivity (Wildman–Crippen MR) is 147 cm³/mol. The Balaban J connectivity index is 1.91. The number of carbonyl (C=O) groups excluding carboxylic acids is 3. The number of carbonyl (C=O) groups is 3. The van der Waals surface area contributed by atoms with E-state index in [1.165, 1.54) is 24.3 Å². The van der Waals surface area contributed by atoms with E-state index in [1.807, 2.05) is 0 Å². The molecular formula is C22H9Br4Cl2N3O5. The molecule has 8 nitrogen and oxygen atoms in total. The maximum atomic E-state index is 13.7. The van der Waals surface area contributed by atoms with Crippen LogP contribution in [0.3, 0.4) is 0 Å². The third-order valence-electron chi connectivity index (χ3n) is 5.22. The number of imide groups is 1. The van der Waals surface area contributed by atoms with Crippen molar-refractivity contribution in [2.75, 3.05) is 0 Å². The van der Waals surface area contributed by atoms with Crippen LogP contribution >= 0.6 is 86.9 Å². The van der Waals surface area contributed by atoms with Gasteiger partial charge in [-0.2, -0.15) is 5.01 Å². The fourth-order valence-electron chi connectivity index (χ4n) is 3.57. The summed E-state index contributed by atoms with van der Waals surface area (Å²) in [5, 5.41) is 13.4. The molecular weight excluding hydrogens is 777 g/mol. The molecule has 36 heavy (non-hydrogen) atoms. The summed E-state index contributed by atoms with van der Waals surface area (Å²) in [4.78, 5) is 51.9. The molecule has 1 heterocycles. The van der Waals surface area contributed by atoms with E-state index in [-0.39, 0.29) is 46.9 Å². The molecule has 0 bridgehead atoms. The molecule has 3 aromatic carbocycles. The van der Waals surface area contributed by atoms with Gasteiger partial charge >= 0.3 is 0 Å². The minimum atomic E-state index is -0.815. The van der Waals surface area contributed by atoms with Gasteiger partial charge in [0.2, 0.25) is 0 Å². The molecule has 184 valence electrons. The first-order valence-electron chi connectivity index (χ1n) is 9.69. The summed E-state index contributed by atoms with van der Waals surface area (Å²) in [6, 6.07) is 9.95. The number of halogens is 6. The van der Waals surface area contributed by atoms with Crippen LogP contribution in [0.5, 0.6) is 0 Å². The third kappa shape index (κ3) is 4.63. The van der Waals surface area contributed by atoms with Gasteiger partial charge in [0.05, 0.1) is 38.7 Å². The fourth-order valence-corrected chi connectivity index (χ4v) is 6.41. The van der Waals surface area contributed by atoms with Gasteiger partial charge in [-0.25, -0.2) is 5.01 Å². The second-order valence-corrected chi connectivity index (χ2v) is 11.3. The van der Waals surface area contributed by atoms with Crippen molar-refractivity contribution < 1.29 is 19.3 Å². The molecule has 3 aromatic rings. The largest absolute Gasteiger partial charge is 0.282 e. The topological polar surface area (TPSA) is 101 Å². The number of hydrogen-bond donors (Lipinski definition) is 0. The maximum Gasteiger partial charge on any atom is 0.282 e. The van der Waals surface area contributed by atoms with Crippen molar-refractivity contribution in [3.8, 4) is 0 Å². The van der Waals surface area contributed by atoms with Crippen molar-refractivity contribution in [3.63, 3.8) is 0 Å². The molecule has 4 rings (SSSR count). The Morgan fingerprint density at radius 3 is 2.00 bits per heavy atom. The van der Waals surface area contributed by atoms with E-state index < -0.39 is 29.2 Å². The zero-order chi connectivity index (χ0) is 26.5. The summed E-state index contributed by atoms with van der Waals surface area (Å²) in [7, 11) is 0. The highest BCUT2D eigenvalue weighted by atomic mass is 79.9. The zero-order valence-electron chi connectivity index (χ0n) is 17.4. The summed E-state index contributed by atoms with van der Waals surface area (Å²) in [5.41, 5.74) is -0.340. The van der Waals surface area contributed by atoms with Gasteiger partial charge in [0.1, 0.15) is 0 Å². The fraction of sp³-hybridized carbons (Fsp3) is 0.0455. The lowest BCUT2D eigenvalue weighted by Gasteiger charge is -2.30. The van der Waals surface area contributed by atoms with Crippen LogP contribution in [0.1, 0.15) is 36.6 Å². The van der Waals surface area contributed by atoms with Gasteiger partial charge in [-0.15, -0.1) is 0 Å². The smallest absolute Gasteiger partial charge is 0.267 e. The molecule has 0 fully saturated rings. The van der Waals surface area contributed by atoms with Gasteiger partial charge in [-0.05, 0) is 88.0 Å². The van der Waals surface area contributed by atoms with Crippen molar-refractivity contribution in [2.24, 2.45) is 0 Å². The van der Waals surface area contributed by atoms with Gasteiger partial charge in [-0.3, -0.25) is 24.5 Å². The average molecular weight is 786 g/mol. The highest BCUT2D eigenvalue weighted by molar-refractivity contribution is 9.15. The van der Waals surface area contributed by atoms with Gasteiger partial charge in [0.15, 0.2) is 0 Å². The number of fused-ring (bicyclic) bond motifs is 1. The highest BCUT2D eigenvalue weighted by Gasteiger charge is 2.46. The Bertz CT molecular complexity index is 1450. The van der Waals surface area contributed by atoms with Gasteiger partial charge in [0, 0.05) is 29.0 Å². The summed E-state index contributed by atoms with van der Waals surface area (Å²) in [6.07, 6.45) is 0. The number of hydrogen-bond acceptors (Lipinski definition) is 5. The number of hydrazine groups is 1. The third-order valence-corrected chi connectivity index (χ3v) is 10.6. The molecule has 14 heteroatoms. The molecule has 0 unspecified atom stereocenters. The van der Waals surface area contributed by atoms with Crippen LogP contribution in [0.2, 0.25) is 10.0 Å². The van der Waals surface area contributed by atoms with Crippen LogP contribution in [-0.4, -0.2) is 32.7 Å². The van der Waals surface area contributed by atoms with Crippen LogP contribution < -0.4 is 0 Å². The van der Waals surface area contributed by atoms with Gasteiger partial charge < -0.3 is 0 Å². The van der Waals surface area contributed by atoms with Crippen molar-refractivity contribution in [1.29, 1.82) is 0 Å². The van der Waals surface area contributed by atoms with Crippen molar-refractivity contribution in [3.05, 3.63) is 103 Å². The molecule has 0 aliphatic carbocycles. The van der Waals surface area contributed by atoms with Gasteiger partial charge in [-0.1, -0.05) is 35.3 Å². The molecule has 0 spiro atoms. The highest BCUT2D eigenvalue weighted by Crippen LogP contribution is 2.46. The lowest BCUT2D eigenvalue weighted by Crippen LogP contribution is -2.49. The van der Waals surface area contributed by atoms with E-state index in [0.29, 0.717) is 14.0 Å². The molecule has 1 aliphatic heterocycles. The second kappa shape index (κ2) is 10.5. The van der Waals surface area contributed by atoms with E-state index in [0.717, 1.165) is 11.1 Å². The Morgan fingerprint density at radius 2 is 1.47 bits per heavy atom. The lowest BCUT2D eigenvalue weighted by molar-refractivity contribution is -0.385. The van der Waals surface area contributed by atoms with Gasteiger partial charge in [0.25, 0.3) is 23.4 Å². The normalized spacial score (nSPS) is 12.7. The van der Waals surface area contributed by atoms with Crippen LogP contribution in [0.25, 0.3) is 0 Å². The maximum absolute atomic E-state index is 13.7. The van der Waals surface area contributed by atoms with E-state index in [1.54, 1.807) is 12.1 Å². The number of nitro groups is 1. The summed E-state index contributed by atoms with van der Waals surface area (Å²) in [5.74, 6) is -2.44. The minimum Gasteiger partial charge on any atom is -0.267 e. The van der Waals surface area contributed by atoms with E-state index in [9.17, 15) is 24.5 Å². The molecule has 0 saturated heterocycles. The average Bonchev–Trinajstić information content (AvgIpc) is 3.10. The molecule has 0 radical (unpaired) electrons. The molecule has 0 atom stereocenters. The van der Waals surface area contributed by atoms with E-state index >= 15 is 0 Å². The van der Waals surface area contributed by atoms with E-state index in [4.69, 9.17) is 23.2 Å². The zero-order valence-corrected chi connectivity index (χ0v) is 25.3. The Kier molecular flexibility index (Phi) is 7.94. The predicted octanol–water partition coefficient (Wildman–Crippen LogP) is 7.81. The summed E-state index contributed by atoms with van der Waals surface area (Å²) in [6.45, 7) is -0.499. The number of amides is 3. The molecule has 1 aliphatic rings. The first kappa shape index (κ1) is 27.2. The van der Waals surface area contributed by atoms with Crippen molar-refractivity contribution in [1.82, 2.24) is 10.0 Å². The number of benzene rings is 3. The van der Waals surface area contributed by atoms with E-state index in [2.05, 4.69) is 63.7 Å². The van der Waals surface area contributed by atoms with Crippen molar-refractivity contribution >= 4 is 110 Å². The quantitative estimate of drug-likeness (QED) is 0.0865. The Morgan fingerprint density at radius 1 is 0.917 bits per heavy atom. The number of rotatable bonds is 5. The molecule has 0 aromatic heterocycles. The van der Waals surface area contributed by atoms with Crippen LogP contribution in [0, 0.1) is 10.1 Å². The second-order valence-electron chi connectivity index (χ2n) is 7.30. The van der Waals surface area contributed by atoms with Crippen LogP contribution in [-0.2, 0) is 6.54 Å². The monoisotopic (exact) mass is 781 g/mol. The summed E-state index contributed by atoms with van der Waals surface area (Å²) < 4.78 is 1.51. The summed E-state index contributed by atoms with van der Waals surface area (Å²) >= 11 is 25.6. The molecule has 0 N–H and O–H groups in total. The minimum absolute atomic E-state index is 0.00418. The first-order chi connectivity index (χ1) is 17.0. The standard InChI is InChI=1S/C22H9Br4Cl2N3O5/c23-16-14-15(17(24)19(26)18(16)25)22(34)30(21(14)33)29(20(32)11-3-1-2-4-12(11)28)8-9-5-6-10(27)7-13(9)31(35)36/h1-7H,8H2. The van der Waals surface area contributed by atoms with Crippen LogP contribution in [0.4, 0.5) is 5.69 Å². The van der Waals surface area contributed by atoms with Crippen molar-refractivity contribution in [2.45, 2.75) is 6.54 Å². The molecule has 3 amide bonds. The lowest BCUT2D eigenvalue weighted by atomic mass is 10.1. The first-order valence-corrected chi connectivity index (χ1v) is 13.6. The number of nitrogens with zero attached hydrogens (tertiary/aromatic N) is 3. The Labute approximate surface area is 247 Å². The van der Waals surface area contributed by atoms with Crippen LogP contribution in [0.15, 0.2) is 60.4 Å². The Hall–Kier alpha value is -1.83. The number of nitro benzene ring substituents is 1. The SMILES string of the molecule is O=C(c1ccccc1Cl)N(Cc1ccc(Cl)cc1[N+](=O)[O-])N1C(=O)c2c(Br)c(Br)c(Br)c(Br)c2C1=O. The molecule has 0 saturated carbocycles.